The molecule has 31 heavy (non-hydrogen) atoms. The molecular formula is C25H34N4O2. The summed E-state index contributed by atoms with van der Waals surface area (Å²) in [5.41, 5.74) is 5.91. The van der Waals surface area contributed by atoms with Gasteiger partial charge in [0.15, 0.2) is 5.65 Å². The highest BCUT2D eigenvalue weighted by Gasteiger charge is 2.28. The molecule has 0 amide bonds. The van der Waals surface area contributed by atoms with Crippen LogP contribution in [0.2, 0.25) is 0 Å². The van der Waals surface area contributed by atoms with E-state index in [4.69, 9.17) is 14.8 Å². The van der Waals surface area contributed by atoms with E-state index in [-0.39, 0.29) is 0 Å². The molecule has 0 radical (unpaired) electrons. The van der Waals surface area contributed by atoms with Crippen molar-refractivity contribution in [2.45, 2.75) is 78.4 Å². The summed E-state index contributed by atoms with van der Waals surface area (Å²) < 4.78 is 7.42. The summed E-state index contributed by atoms with van der Waals surface area (Å²) in [4.78, 5) is 5.09. The number of ether oxygens (including phenoxy) is 1. The highest BCUT2D eigenvalue weighted by atomic mass is 16.5. The number of fused-ring (bicyclic) bond motifs is 2. The summed E-state index contributed by atoms with van der Waals surface area (Å²) in [6, 6.07) is 6.26. The standard InChI is InChI=1S/C25H34N4O2/c1-7-16(8-2)26-23-19-10-9-11-21(19)27-24-22(15(3)28-29(23)24)18-13-12-17(31-6)14-20(18)25(4,5)30/h12-14,16,26,30H,7-11H2,1-6H3. The maximum absolute atomic E-state index is 10.9. The molecule has 0 saturated carbocycles. The summed E-state index contributed by atoms with van der Waals surface area (Å²) in [6.45, 7) is 10.1. The van der Waals surface area contributed by atoms with Crippen molar-refractivity contribution < 1.29 is 9.84 Å². The van der Waals surface area contributed by atoms with E-state index in [1.165, 1.54) is 11.3 Å². The maximum atomic E-state index is 10.9. The van der Waals surface area contributed by atoms with E-state index < -0.39 is 5.60 Å². The number of nitrogens with one attached hydrogen (secondary N) is 1. The van der Waals surface area contributed by atoms with Crippen molar-refractivity contribution in [2.24, 2.45) is 0 Å². The number of rotatable bonds is 7. The largest absolute Gasteiger partial charge is 0.497 e. The Bertz CT molecular complexity index is 1110. The van der Waals surface area contributed by atoms with Gasteiger partial charge >= 0.3 is 0 Å². The van der Waals surface area contributed by atoms with Gasteiger partial charge in [-0.3, -0.25) is 0 Å². The lowest BCUT2D eigenvalue weighted by Gasteiger charge is -2.23. The molecule has 0 atom stereocenters. The monoisotopic (exact) mass is 422 g/mol. The van der Waals surface area contributed by atoms with Crippen LogP contribution < -0.4 is 10.1 Å². The number of aromatic nitrogens is 3. The van der Waals surface area contributed by atoms with Crippen LogP contribution in [0.15, 0.2) is 18.2 Å². The molecule has 4 rings (SSSR count). The predicted molar refractivity (Wildman–Crippen MR) is 125 cm³/mol. The molecule has 0 fully saturated rings. The minimum absolute atomic E-state index is 0.399. The third-order valence-electron chi connectivity index (χ3n) is 6.44. The molecule has 2 aromatic heterocycles. The molecule has 166 valence electrons. The van der Waals surface area contributed by atoms with E-state index in [1.54, 1.807) is 21.0 Å². The molecule has 6 heteroatoms. The molecule has 0 aliphatic heterocycles. The van der Waals surface area contributed by atoms with Crippen LogP contribution in [0.1, 0.15) is 69.5 Å². The van der Waals surface area contributed by atoms with Crippen molar-refractivity contribution in [3.63, 3.8) is 0 Å². The lowest BCUT2D eigenvalue weighted by molar-refractivity contribution is 0.0789. The van der Waals surface area contributed by atoms with Gasteiger partial charge in [0.2, 0.25) is 0 Å². The fraction of sp³-hybridized carbons (Fsp3) is 0.520. The van der Waals surface area contributed by atoms with Crippen LogP contribution in [0.4, 0.5) is 5.82 Å². The van der Waals surface area contributed by atoms with Crippen molar-refractivity contribution in [3.05, 3.63) is 40.7 Å². The van der Waals surface area contributed by atoms with E-state index in [0.29, 0.717) is 6.04 Å². The lowest BCUT2D eigenvalue weighted by atomic mass is 9.89. The molecule has 0 bridgehead atoms. The van der Waals surface area contributed by atoms with Crippen LogP contribution in [0, 0.1) is 6.92 Å². The molecule has 2 N–H and O–H groups in total. The Hall–Kier alpha value is -2.60. The Morgan fingerprint density at radius 1 is 1.23 bits per heavy atom. The van der Waals surface area contributed by atoms with Crippen molar-refractivity contribution in [3.8, 4) is 16.9 Å². The molecule has 1 aliphatic carbocycles. The Morgan fingerprint density at radius 3 is 2.61 bits per heavy atom. The second kappa shape index (κ2) is 8.15. The van der Waals surface area contributed by atoms with Crippen molar-refractivity contribution in [2.75, 3.05) is 12.4 Å². The molecular weight excluding hydrogens is 388 g/mol. The summed E-state index contributed by atoms with van der Waals surface area (Å²) in [5.74, 6) is 1.80. The van der Waals surface area contributed by atoms with Crippen molar-refractivity contribution >= 4 is 11.5 Å². The van der Waals surface area contributed by atoms with Crippen LogP contribution in [0.25, 0.3) is 16.8 Å². The smallest absolute Gasteiger partial charge is 0.165 e. The first kappa shape index (κ1) is 21.6. The average molecular weight is 423 g/mol. The Morgan fingerprint density at radius 2 is 1.97 bits per heavy atom. The number of aliphatic hydroxyl groups is 1. The fourth-order valence-electron chi connectivity index (χ4n) is 4.66. The second-order valence-electron chi connectivity index (χ2n) is 9.06. The molecule has 0 saturated heterocycles. The fourth-order valence-corrected chi connectivity index (χ4v) is 4.66. The van der Waals surface area contributed by atoms with Gasteiger partial charge in [-0.1, -0.05) is 19.9 Å². The number of benzene rings is 1. The van der Waals surface area contributed by atoms with Crippen molar-refractivity contribution in [1.82, 2.24) is 14.6 Å². The zero-order valence-corrected chi connectivity index (χ0v) is 19.5. The zero-order valence-electron chi connectivity index (χ0n) is 19.5. The number of nitrogens with zero attached hydrogens (tertiary/aromatic N) is 3. The highest BCUT2D eigenvalue weighted by Crippen LogP contribution is 2.40. The Balaban J connectivity index is 1.99. The van der Waals surface area contributed by atoms with Crippen LogP contribution in [0.3, 0.4) is 0 Å². The number of hydrogen-bond donors (Lipinski definition) is 2. The van der Waals surface area contributed by atoms with Gasteiger partial charge in [-0.05, 0) is 76.1 Å². The SMILES string of the molecule is CCC(CC)Nc1c2c(nc3c(-c4ccc(OC)cc4C(C)(C)O)c(C)nn13)CCC2. The van der Waals surface area contributed by atoms with Crippen LogP contribution in [-0.4, -0.2) is 32.9 Å². The molecule has 0 unspecified atom stereocenters. The number of hydrogen-bond acceptors (Lipinski definition) is 5. The molecule has 1 aromatic carbocycles. The number of anilines is 1. The third-order valence-corrected chi connectivity index (χ3v) is 6.44. The predicted octanol–water partition coefficient (Wildman–Crippen LogP) is 5.03. The van der Waals surface area contributed by atoms with Gasteiger partial charge in [-0.2, -0.15) is 9.61 Å². The lowest BCUT2D eigenvalue weighted by Crippen LogP contribution is -2.21. The maximum Gasteiger partial charge on any atom is 0.165 e. The molecule has 1 aliphatic rings. The van der Waals surface area contributed by atoms with Gasteiger partial charge in [0.05, 0.1) is 18.4 Å². The quantitative estimate of drug-likeness (QED) is 0.559. The first-order valence-corrected chi connectivity index (χ1v) is 11.4. The van der Waals surface area contributed by atoms with Gasteiger partial charge < -0.3 is 15.2 Å². The topological polar surface area (TPSA) is 71.7 Å². The van der Waals surface area contributed by atoms with Gasteiger partial charge in [-0.25, -0.2) is 4.98 Å². The van der Waals surface area contributed by atoms with E-state index in [9.17, 15) is 5.11 Å². The summed E-state index contributed by atoms with van der Waals surface area (Å²) >= 11 is 0. The third kappa shape index (κ3) is 3.78. The van der Waals surface area contributed by atoms with E-state index in [0.717, 1.165) is 71.7 Å². The zero-order chi connectivity index (χ0) is 22.3. The Labute approximate surface area is 184 Å². The van der Waals surface area contributed by atoms with Crippen LogP contribution >= 0.6 is 0 Å². The summed E-state index contributed by atoms with van der Waals surface area (Å²) in [7, 11) is 1.64. The van der Waals surface area contributed by atoms with Crippen LogP contribution in [-0.2, 0) is 18.4 Å². The molecule has 6 nitrogen and oxygen atoms in total. The normalized spacial score (nSPS) is 13.8. The Kier molecular flexibility index (Phi) is 5.69. The molecule has 0 spiro atoms. The van der Waals surface area contributed by atoms with Gasteiger partial charge in [0.1, 0.15) is 11.6 Å². The van der Waals surface area contributed by atoms with E-state index >= 15 is 0 Å². The van der Waals surface area contributed by atoms with Gasteiger partial charge in [0, 0.05) is 22.9 Å². The summed E-state index contributed by atoms with van der Waals surface area (Å²) in [6.07, 6.45) is 5.27. The van der Waals surface area contributed by atoms with Gasteiger partial charge in [0.25, 0.3) is 0 Å². The summed E-state index contributed by atoms with van der Waals surface area (Å²) in [5, 5.41) is 19.6. The van der Waals surface area contributed by atoms with E-state index in [1.807, 2.05) is 29.6 Å². The average Bonchev–Trinajstić information content (AvgIpc) is 3.33. The first-order valence-electron chi connectivity index (χ1n) is 11.4. The van der Waals surface area contributed by atoms with E-state index in [2.05, 4.69) is 19.2 Å². The van der Waals surface area contributed by atoms with Crippen LogP contribution in [0.5, 0.6) is 5.75 Å². The van der Waals surface area contributed by atoms with Crippen molar-refractivity contribution in [1.29, 1.82) is 0 Å². The second-order valence-corrected chi connectivity index (χ2v) is 9.06. The minimum Gasteiger partial charge on any atom is -0.497 e. The first-order chi connectivity index (χ1) is 14.8. The molecule has 3 aromatic rings. The molecule has 2 heterocycles. The highest BCUT2D eigenvalue weighted by molar-refractivity contribution is 5.84. The number of aryl methyl sites for hydroxylation is 2. The minimum atomic E-state index is -1.03. The van der Waals surface area contributed by atoms with Gasteiger partial charge in [-0.15, -0.1) is 0 Å². The number of methoxy groups -OCH3 is 1.